The van der Waals surface area contributed by atoms with Crippen LogP contribution in [0.3, 0.4) is 0 Å². The third-order valence-electron chi connectivity index (χ3n) is 3.99. The standard InChI is InChI=1S/C18H18ClF3N2O5S/c1-24(30(26,27)16-9-12(28-2)5-7-15(16)29-3)10-17(25)23-14-8-11(18(20,21)22)4-6-13(14)19/h4-9H,10H2,1-3H3,(H,23,25). The van der Waals surface area contributed by atoms with Crippen molar-refractivity contribution in [1.29, 1.82) is 0 Å². The number of methoxy groups -OCH3 is 2. The normalized spacial score (nSPS) is 12.0. The van der Waals surface area contributed by atoms with E-state index in [9.17, 15) is 26.4 Å². The van der Waals surface area contributed by atoms with Crippen molar-refractivity contribution in [2.24, 2.45) is 0 Å². The molecule has 1 N–H and O–H groups in total. The van der Waals surface area contributed by atoms with Gasteiger partial charge < -0.3 is 14.8 Å². The van der Waals surface area contributed by atoms with E-state index in [1.54, 1.807) is 0 Å². The lowest BCUT2D eigenvalue weighted by molar-refractivity contribution is -0.137. The minimum atomic E-state index is -4.63. The summed E-state index contributed by atoms with van der Waals surface area (Å²) in [5.74, 6) is -0.601. The number of halogens is 4. The monoisotopic (exact) mass is 466 g/mol. The van der Waals surface area contributed by atoms with Crippen LogP contribution in [0.5, 0.6) is 11.5 Å². The van der Waals surface area contributed by atoms with Gasteiger partial charge in [0.1, 0.15) is 16.4 Å². The molecule has 0 aliphatic carbocycles. The van der Waals surface area contributed by atoms with Crippen LogP contribution in [-0.4, -0.2) is 46.4 Å². The van der Waals surface area contributed by atoms with Crippen LogP contribution in [0.2, 0.25) is 5.02 Å². The number of carbonyl (C=O) groups excluding carboxylic acids is 1. The second-order valence-electron chi connectivity index (χ2n) is 6.02. The van der Waals surface area contributed by atoms with E-state index in [1.807, 2.05) is 0 Å². The number of alkyl halides is 3. The molecule has 164 valence electrons. The van der Waals surface area contributed by atoms with Crippen molar-refractivity contribution in [3.63, 3.8) is 0 Å². The van der Waals surface area contributed by atoms with Gasteiger partial charge in [-0.1, -0.05) is 11.6 Å². The molecular formula is C18H18ClF3N2O5S. The quantitative estimate of drug-likeness (QED) is 0.673. The first-order chi connectivity index (χ1) is 13.9. The Balaban J connectivity index is 2.24. The Bertz CT molecular complexity index is 1040. The van der Waals surface area contributed by atoms with Gasteiger partial charge in [-0.3, -0.25) is 4.79 Å². The average molecular weight is 467 g/mol. The molecule has 7 nitrogen and oxygen atoms in total. The van der Waals surface area contributed by atoms with Gasteiger partial charge in [-0.05, 0) is 30.3 Å². The fourth-order valence-electron chi connectivity index (χ4n) is 2.43. The van der Waals surface area contributed by atoms with Crippen LogP contribution < -0.4 is 14.8 Å². The number of ether oxygens (including phenoxy) is 2. The smallest absolute Gasteiger partial charge is 0.416 e. The summed E-state index contributed by atoms with van der Waals surface area (Å²) >= 11 is 5.84. The first-order valence-electron chi connectivity index (χ1n) is 8.25. The van der Waals surface area contributed by atoms with E-state index in [0.717, 1.165) is 23.5 Å². The molecule has 12 heteroatoms. The van der Waals surface area contributed by atoms with Gasteiger partial charge in [0, 0.05) is 13.1 Å². The Labute approximate surface area is 176 Å². The van der Waals surface area contributed by atoms with E-state index >= 15 is 0 Å². The topological polar surface area (TPSA) is 84.9 Å². The summed E-state index contributed by atoms with van der Waals surface area (Å²) in [6.07, 6.45) is -4.63. The number of nitrogens with zero attached hydrogens (tertiary/aromatic N) is 1. The minimum Gasteiger partial charge on any atom is -0.497 e. The number of likely N-dealkylation sites (N-methyl/N-ethyl adjacent to an activating group) is 1. The zero-order valence-electron chi connectivity index (χ0n) is 16.1. The van der Waals surface area contributed by atoms with Gasteiger partial charge in [0.25, 0.3) is 0 Å². The summed E-state index contributed by atoms with van der Waals surface area (Å²) in [5, 5.41) is 2.07. The molecule has 0 unspecified atom stereocenters. The predicted octanol–water partition coefficient (Wildman–Crippen LogP) is 3.64. The molecular weight excluding hydrogens is 449 g/mol. The van der Waals surface area contributed by atoms with Crippen LogP contribution in [0.1, 0.15) is 5.56 Å². The molecule has 2 aromatic rings. The largest absolute Gasteiger partial charge is 0.497 e. The highest BCUT2D eigenvalue weighted by Crippen LogP contribution is 2.34. The second kappa shape index (κ2) is 9.11. The molecule has 0 aliphatic heterocycles. The highest BCUT2D eigenvalue weighted by atomic mass is 35.5. The van der Waals surface area contributed by atoms with Gasteiger partial charge in [-0.15, -0.1) is 0 Å². The number of sulfonamides is 1. The number of nitrogens with one attached hydrogen (secondary N) is 1. The number of carbonyl (C=O) groups is 1. The maximum atomic E-state index is 12.9. The summed E-state index contributed by atoms with van der Waals surface area (Å²) in [4.78, 5) is 12.0. The Morgan fingerprint density at radius 3 is 2.37 bits per heavy atom. The Hall–Kier alpha value is -2.50. The van der Waals surface area contributed by atoms with E-state index in [-0.39, 0.29) is 27.1 Å². The van der Waals surface area contributed by atoms with Gasteiger partial charge in [-0.2, -0.15) is 17.5 Å². The molecule has 0 radical (unpaired) electrons. The molecule has 1 amide bonds. The maximum absolute atomic E-state index is 12.9. The molecule has 0 fully saturated rings. The molecule has 0 bridgehead atoms. The van der Waals surface area contributed by atoms with Gasteiger partial charge in [0.2, 0.25) is 15.9 Å². The maximum Gasteiger partial charge on any atom is 0.416 e. The van der Waals surface area contributed by atoms with E-state index in [4.69, 9.17) is 21.1 Å². The summed E-state index contributed by atoms with van der Waals surface area (Å²) < 4.78 is 75.1. The SMILES string of the molecule is COc1ccc(OC)c(S(=O)(=O)N(C)CC(=O)Nc2cc(C(F)(F)F)ccc2Cl)c1. The van der Waals surface area contributed by atoms with Crippen molar-refractivity contribution in [3.8, 4) is 11.5 Å². The molecule has 30 heavy (non-hydrogen) atoms. The number of amides is 1. The summed E-state index contributed by atoms with van der Waals surface area (Å²) in [7, 11) is -0.412. The Morgan fingerprint density at radius 2 is 1.80 bits per heavy atom. The van der Waals surface area contributed by atoms with Crippen molar-refractivity contribution < 1.29 is 35.9 Å². The highest BCUT2D eigenvalue weighted by molar-refractivity contribution is 7.89. The lowest BCUT2D eigenvalue weighted by Gasteiger charge is -2.19. The zero-order chi connectivity index (χ0) is 22.7. The van der Waals surface area contributed by atoms with E-state index in [0.29, 0.717) is 6.07 Å². The van der Waals surface area contributed by atoms with E-state index in [2.05, 4.69) is 5.32 Å². The number of rotatable bonds is 7. The summed E-state index contributed by atoms with van der Waals surface area (Å²) in [5.41, 5.74) is -1.30. The first kappa shape index (κ1) is 23.8. The fraction of sp³-hybridized carbons (Fsp3) is 0.278. The Kier molecular flexibility index (Phi) is 7.22. The van der Waals surface area contributed by atoms with Crippen LogP contribution in [0.15, 0.2) is 41.3 Å². The van der Waals surface area contributed by atoms with Crippen LogP contribution in [0.25, 0.3) is 0 Å². The third-order valence-corrected chi connectivity index (χ3v) is 6.15. The molecule has 2 aromatic carbocycles. The van der Waals surface area contributed by atoms with Crippen LogP contribution in [0, 0.1) is 0 Å². The van der Waals surface area contributed by atoms with Crippen molar-refractivity contribution in [1.82, 2.24) is 4.31 Å². The van der Waals surface area contributed by atoms with E-state index < -0.39 is 34.2 Å². The highest BCUT2D eigenvalue weighted by Gasteiger charge is 2.31. The van der Waals surface area contributed by atoms with Gasteiger partial charge in [-0.25, -0.2) is 8.42 Å². The minimum absolute atomic E-state index is 0.0315. The van der Waals surface area contributed by atoms with Gasteiger partial charge >= 0.3 is 6.18 Å². The molecule has 0 saturated carbocycles. The van der Waals surface area contributed by atoms with Crippen LogP contribution in [0.4, 0.5) is 18.9 Å². The lowest BCUT2D eigenvalue weighted by Crippen LogP contribution is -2.35. The molecule has 0 aliphatic rings. The molecule has 0 atom stereocenters. The molecule has 2 rings (SSSR count). The molecule has 0 heterocycles. The number of benzene rings is 2. The van der Waals surface area contributed by atoms with Crippen LogP contribution >= 0.6 is 11.6 Å². The number of hydrogen-bond donors (Lipinski definition) is 1. The number of anilines is 1. The van der Waals surface area contributed by atoms with Crippen molar-refractivity contribution in [2.45, 2.75) is 11.1 Å². The second-order valence-corrected chi connectivity index (χ2v) is 8.44. The third kappa shape index (κ3) is 5.35. The van der Waals surface area contributed by atoms with Gasteiger partial charge in [0.15, 0.2) is 0 Å². The van der Waals surface area contributed by atoms with Crippen LogP contribution in [-0.2, 0) is 21.0 Å². The number of hydrogen-bond acceptors (Lipinski definition) is 5. The van der Waals surface area contributed by atoms with Gasteiger partial charge in [0.05, 0.1) is 37.0 Å². The average Bonchev–Trinajstić information content (AvgIpc) is 2.68. The van der Waals surface area contributed by atoms with Crippen molar-refractivity contribution in [3.05, 3.63) is 47.0 Å². The molecule has 0 aromatic heterocycles. The first-order valence-corrected chi connectivity index (χ1v) is 10.1. The summed E-state index contributed by atoms with van der Waals surface area (Å²) in [6, 6.07) is 6.54. The van der Waals surface area contributed by atoms with E-state index in [1.165, 1.54) is 32.4 Å². The molecule has 0 saturated heterocycles. The molecule has 0 spiro atoms. The lowest BCUT2D eigenvalue weighted by atomic mass is 10.2. The summed E-state index contributed by atoms with van der Waals surface area (Å²) in [6.45, 7) is -0.685. The fourth-order valence-corrected chi connectivity index (χ4v) is 3.89. The van der Waals surface area contributed by atoms with Crippen molar-refractivity contribution >= 4 is 33.2 Å². The Morgan fingerprint density at radius 1 is 1.13 bits per heavy atom. The zero-order valence-corrected chi connectivity index (χ0v) is 17.7. The van der Waals surface area contributed by atoms with Crippen molar-refractivity contribution in [2.75, 3.05) is 33.1 Å². The predicted molar refractivity (Wildman–Crippen MR) is 104 cm³/mol.